The van der Waals surface area contributed by atoms with E-state index in [0.717, 1.165) is 52.9 Å². The van der Waals surface area contributed by atoms with E-state index in [1.807, 2.05) is 19.2 Å². The molecular formula is C17H20N6. The molecule has 1 fully saturated rings. The van der Waals surface area contributed by atoms with Crippen molar-refractivity contribution in [1.29, 1.82) is 0 Å². The third kappa shape index (κ3) is 2.45. The van der Waals surface area contributed by atoms with E-state index >= 15 is 0 Å². The van der Waals surface area contributed by atoms with Gasteiger partial charge in [0.25, 0.3) is 0 Å². The van der Waals surface area contributed by atoms with Crippen molar-refractivity contribution in [3.8, 4) is 11.1 Å². The fourth-order valence-electron chi connectivity index (χ4n) is 3.30. The summed E-state index contributed by atoms with van der Waals surface area (Å²) < 4.78 is 0. The maximum atomic E-state index is 6.31. The standard InChI is InChI=1S/C17H20N6/c1-11-14(9-21-22-11)12-5-6-15-13(8-12)17(20-10-19-15)23-7-3-2-4-16(23)18/h5-6,8-10,16H,2-4,7,18H2,1H3,(H,21,22). The van der Waals surface area contributed by atoms with Gasteiger partial charge in [-0.05, 0) is 43.9 Å². The van der Waals surface area contributed by atoms with Crippen LogP contribution in [0.15, 0.2) is 30.7 Å². The molecular weight excluding hydrogens is 288 g/mol. The van der Waals surface area contributed by atoms with E-state index in [9.17, 15) is 0 Å². The van der Waals surface area contributed by atoms with Crippen LogP contribution < -0.4 is 10.6 Å². The molecule has 1 atom stereocenters. The van der Waals surface area contributed by atoms with E-state index in [1.54, 1.807) is 6.33 Å². The first-order valence-corrected chi connectivity index (χ1v) is 8.01. The number of benzene rings is 1. The van der Waals surface area contributed by atoms with Crippen LogP contribution in [0.3, 0.4) is 0 Å². The van der Waals surface area contributed by atoms with Gasteiger partial charge in [-0.15, -0.1) is 0 Å². The van der Waals surface area contributed by atoms with Gasteiger partial charge in [0.2, 0.25) is 0 Å². The lowest BCUT2D eigenvalue weighted by Crippen LogP contribution is -2.46. The monoisotopic (exact) mass is 308 g/mol. The SMILES string of the molecule is Cc1[nH]ncc1-c1ccc2ncnc(N3CCCCC3N)c2c1. The fourth-order valence-corrected chi connectivity index (χ4v) is 3.30. The van der Waals surface area contributed by atoms with E-state index in [4.69, 9.17) is 5.73 Å². The molecule has 3 N–H and O–H groups in total. The number of hydrogen-bond donors (Lipinski definition) is 2. The first-order chi connectivity index (χ1) is 11.2. The van der Waals surface area contributed by atoms with Crippen LogP contribution >= 0.6 is 0 Å². The van der Waals surface area contributed by atoms with Crippen LogP contribution in [0.25, 0.3) is 22.0 Å². The summed E-state index contributed by atoms with van der Waals surface area (Å²) in [5.41, 5.74) is 10.5. The zero-order chi connectivity index (χ0) is 15.8. The van der Waals surface area contributed by atoms with Crippen LogP contribution in [0.1, 0.15) is 25.0 Å². The minimum absolute atomic E-state index is 0.0289. The Morgan fingerprint density at radius 3 is 2.96 bits per heavy atom. The summed E-state index contributed by atoms with van der Waals surface area (Å²) in [6.45, 7) is 2.97. The highest BCUT2D eigenvalue weighted by Crippen LogP contribution is 2.31. The summed E-state index contributed by atoms with van der Waals surface area (Å²) in [6, 6.07) is 6.26. The minimum atomic E-state index is 0.0289. The molecule has 1 aliphatic heterocycles. The van der Waals surface area contributed by atoms with Crippen molar-refractivity contribution in [2.45, 2.75) is 32.4 Å². The van der Waals surface area contributed by atoms with Crippen molar-refractivity contribution in [2.75, 3.05) is 11.4 Å². The molecule has 0 aliphatic carbocycles. The number of anilines is 1. The normalized spacial score (nSPS) is 18.5. The molecule has 0 spiro atoms. The Kier molecular flexibility index (Phi) is 3.46. The van der Waals surface area contributed by atoms with Crippen LogP contribution in [0.4, 0.5) is 5.82 Å². The molecule has 6 heteroatoms. The van der Waals surface area contributed by atoms with Crippen molar-refractivity contribution in [3.63, 3.8) is 0 Å². The van der Waals surface area contributed by atoms with Crippen LogP contribution in [0.5, 0.6) is 0 Å². The Labute approximate surface area is 134 Å². The number of nitrogens with zero attached hydrogens (tertiary/aromatic N) is 4. The third-order valence-electron chi connectivity index (χ3n) is 4.58. The second-order valence-electron chi connectivity index (χ2n) is 6.09. The Balaban J connectivity index is 1.86. The molecule has 0 saturated carbocycles. The fraction of sp³-hybridized carbons (Fsp3) is 0.353. The summed E-state index contributed by atoms with van der Waals surface area (Å²) in [7, 11) is 0. The van der Waals surface area contributed by atoms with Gasteiger partial charge in [-0.25, -0.2) is 9.97 Å². The predicted octanol–water partition coefficient (Wildman–Crippen LogP) is 2.60. The highest BCUT2D eigenvalue weighted by Gasteiger charge is 2.22. The molecule has 4 rings (SSSR count). The highest BCUT2D eigenvalue weighted by molar-refractivity contribution is 5.93. The summed E-state index contributed by atoms with van der Waals surface area (Å²) in [4.78, 5) is 11.1. The quantitative estimate of drug-likeness (QED) is 0.760. The van der Waals surface area contributed by atoms with E-state index in [1.165, 1.54) is 6.42 Å². The lowest BCUT2D eigenvalue weighted by molar-refractivity contribution is 0.467. The maximum Gasteiger partial charge on any atom is 0.141 e. The molecule has 1 unspecified atom stereocenters. The molecule has 3 aromatic rings. The van der Waals surface area contributed by atoms with Crippen molar-refractivity contribution in [2.24, 2.45) is 5.73 Å². The third-order valence-corrected chi connectivity index (χ3v) is 4.58. The number of aromatic amines is 1. The number of fused-ring (bicyclic) bond motifs is 1. The molecule has 23 heavy (non-hydrogen) atoms. The smallest absolute Gasteiger partial charge is 0.141 e. The van der Waals surface area contributed by atoms with Gasteiger partial charge in [0.05, 0.1) is 17.9 Å². The summed E-state index contributed by atoms with van der Waals surface area (Å²) in [5.74, 6) is 0.935. The number of aryl methyl sites for hydroxylation is 1. The zero-order valence-corrected chi connectivity index (χ0v) is 13.2. The number of nitrogens with one attached hydrogen (secondary N) is 1. The number of H-pyrrole nitrogens is 1. The highest BCUT2D eigenvalue weighted by atomic mass is 15.3. The molecule has 118 valence electrons. The Morgan fingerprint density at radius 1 is 1.26 bits per heavy atom. The first kappa shape index (κ1) is 14.1. The lowest BCUT2D eigenvalue weighted by atomic mass is 10.0. The zero-order valence-electron chi connectivity index (χ0n) is 13.2. The molecule has 1 saturated heterocycles. The number of hydrogen-bond acceptors (Lipinski definition) is 5. The topological polar surface area (TPSA) is 83.7 Å². The Bertz CT molecular complexity index is 840. The summed E-state index contributed by atoms with van der Waals surface area (Å²) >= 11 is 0. The van der Waals surface area contributed by atoms with Crippen LogP contribution in [0, 0.1) is 6.92 Å². The average Bonchev–Trinajstić information content (AvgIpc) is 3.00. The number of piperidine rings is 1. The van der Waals surface area contributed by atoms with Gasteiger partial charge in [-0.1, -0.05) is 6.07 Å². The molecule has 1 aromatic carbocycles. The van der Waals surface area contributed by atoms with E-state index in [-0.39, 0.29) is 6.17 Å². The summed E-state index contributed by atoms with van der Waals surface area (Å²) in [6.07, 6.45) is 6.85. The van der Waals surface area contributed by atoms with Gasteiger partial charge in [-0.3, -0.25) is 5.10 Å². The molecule has 0 bridgehead atoms. The van der Waals surface area contributed by atoms with Crippen LogP contribution in [-0.4, -0.2) is 32.9 Å². The number of aromatic nitrogens is 4. The lowest BCUT2D eigenvalue weighted by Gasteiger charge is -2.34. The van der Waals surface area contributed by atoms with Gasteiger partial charge < -0.3 is 10.6 Å². The molecule has 1 aliphatic rings. The number of rotatable bonds is 2. The van der Waals surface area contributed by atoms with E-state index in [0.29, 0.717) is 0 Å². The van der Waals surface area contributed by atoms with Gasteiger partial charge in [0, 0.05) is 23.2 Å². The van der Waals surface area contributed by atoms with E-state index < -0.39 is 0 Å². The van der Waals surface area contributed by atoms with Crippen molar-refractivity contribution in [1.82, 2.24) is 20.2 Å². The van der Waals surface area contributed by atoms with Crippen molar-refractivity contribution < 1.29 is 0 Å². The van der Waals surface area contributed by atoms with Gasteiger partial charge in [0.1, 0.15) is 12.1 Å². The van der Waals surface area contributed by atoms with Gasteiger partial charge >= 0.3 is 0 Å². The number of nitrogens with two attached hydrogens (primary N) is 1. The summed E-state index contributed by atoms with van der Waals surface area (Å²) in [5, 5.41) is 8.15. The Hall–Kier alpha value is -2.47. The average molecular weight is 308 g/mol. The minimum Gasteiger partial charge on any atom is -0.341 e. The molecule has 0 amide bonds. The van der Waals surface area contributed by atoms with Crippen molar-refractivity contribution in [3.05, 3.63) is 36.4 Å². The molecule has 6 nitrogen and oxygen atoms in total. The van der Waals surface area contributed by atoms with Crippen LogP contribution in [-0.2, 0) is 0 Å². The molecule has 3 heterocycles. The first-order valence-electron chi connectivity index (χ1n) is 8.01. The maximum absolute atomic E-state index is 6.31. The second-order valence-corrected chi connectivity index (χ2v) is 6.09. The van der Waals surface area contributed by atoms with Crippen LogP contribution in [0.2, 0.25) is 0 Å². The molecule has 0 radical (unpaired) electrons. The van der Waals surface area contributed by atoms with Crippen molar-refractivity contribution >= 4 is 16.7 Å². The second kappa shape index (κ2) is 5.62. The van der Waals surface area contributed by atoms with E-state index in [2.05, 4.69) is 37.2 Å². The van der Waals surface area contributed by atoms with Gasteiger partial charge in [-0.2, -0.15) is 5.10 Å². The predicted molar refractivity (Wildman–Crippen MR) is 91.0 cm³/mol. The molecule has 2 aromatic heterocycles. The van der Waals surface area contributed by atoms with Gasteiger partial charge in [0.15, 0.2) is 0 Å². The largest absolute Gasteiger partial charge is 0.341 e. The Morgan fingerprint density at radius 2 is 2.17 bits per heavy atom.